The number of benzene rings is 1. The maximum Gasteiger partial charge on any atom is 0.262 e. The average Bonchev–Trinajstić information content (AvgIpc) is 3.60. The molecule has 0 bridgehead atoms. The van der Waals surface area contributed by atoms with Gasteiger partial charge in [-0.05, 0) is 43.5 Å². The lowest BCUT2D eigenvalue weighted by atomic mass is 10.0. The molecule has 11 nitrogen and oxygen atoms in total. The van der Waals surface area contributed by atoms with Crippen molar-refractivity contribution < 1.29 is 23.4 Å². The molecular weight excluding hydrogens is 508 g/mol. The molecule has 3 aromatic rings. The van der Waals surface area contributed by atoms with Gasteiger partial charge < -0.3 is 25.4 Å². The number of sulfonamides is 1. The van der Waals surface area contributed by atoms with Crippen LogP contribution < -0.4 is 10.6 Å². The molecule has 3 heterocycles. The Morgan fingerprint density at radius 2 is 2.05 bits per heavy atom. The molecule has 3 atom stereocenters. The molecule has 0 spiro atoms. The zero-order chi connectivity index (χ0) is 27.1. The molecule has 1 saturated heterocycles. The molecule has 2 aromatic heterocycles. The second kappa shape index (κ2) is 12.6. The third-order valence-corrected chi connectivity index (χ3v) is 8.30. The van der Waals surface area contributed by atoms with E-state index < -0.39 is 28.1 Å². The highest BCUT2D eigenvalue weighted by Crippen LogP contribution is 2.19. The van der Waals surface area contributed by atoms with E-state index in [0.29, 0.717) is 5.69 Å². The predicted octanol–water partition coefficient (Wildman–Crippen LogP) is 0.452. The normalized spacial score (nSPS) is 17.4. The number of hydrogen-bond donors (Lipinski definition) is 4. The van der Waals surface area contributed by atoms with Crippen molar-refractivity contribution in [1.29, 1.82) is 0 Å². The van der Waals surface area contributed by atoms with Crippen molar-refractivity contribution in [3.8, 4) is 0 Å². The number of rotatable bonds is 12. The van der Waals surface area contributed by atoms with Gasteiger partial charge in [0.1, 0.15) is 0 Å². The Morgan fingerprint density at radius 1 is 1.26 bits per heavy atom. The van der Waals surface area contributed by atoms with E-state index >= 15 is 0 Å². The van der Waals surface area contributed by atoms with Gasteiger partial charge in [0, 0.05) is 44.1 Å². The lowest BCUT2D eigenvalue weighted by molar-refractivity contribution is 0.0777. The van der Waals surface area contributed by atoms with Crippen molar-refractivity contribution in [2.45, 2.75) is 49.1 Å². The standard InChI is InChI=1S/C26H34N6O5S/c1-31-16-25(29-18-31)38(36,37)32(14-21-8-5-10-27-21)15-24(34)23(12-19-6-3-2-4-7-19)30-26(35)20-9-11-28-22(13-20)17-33/h2-4,6-7,9,11,13,16,18,21,23-24,27,33-34H,5,8,10,12,14-15,17H2,1H3,(H,30,35)/t21?,23-,24+/m0/s1. The monoisotopic (exact) mass is 542 g/mol. The highest BCUT2D eigenvalue weighted by molar-refractivity contribution is 7.89. The fraction of sp³-hybridized carbons (Fsp3) is 0.423. The van der Waals surface area contributed by atoms with Crippen LogP contribution in [0.2, 0.25) is 0 Å². The van der Waals surface area contributed by atoms with E-state index in [1.807, 2.05) is 30.3 Å². The summed E-state index contributed by atoms with van der Waals surface area (Å²) in [4.78, 5) is 21.2. The number of carbonyl (C=O) groups excluding carboxylic acids is 1. The number of aliphatic hydroxyl groups excluding tert-OH is 2. The molecule has 1 amide bonds. The zero-order valence-corrected chi connectivity index (χ0v) is 22.1. The summed E-state index contributed by atoms with van der Waals surface area (Å²) >= 11 is 0. The zero-order valence-electron chi connectivity index (χ0n) is 21.3. The molecule has 204 valence electrons. The first-order chi connectivity index (χ1) is 18.3. The quantitative estimate of drug-likeness (QED) is 0.258. The van der Waals surface area contributed by atoms with E-state index in [0.717, 1.165) is 24.9 Å². The van der Waals surface area contributed by atoms with Gasteiger partial charge >= 0.3 is 0 Å². The van der Waals surface area contributed by atoms with Gasteiger partial charge in [-0.3, -0.25) is 9.78 Å². The Morgan fingerprint density at radius 3 is 2.71 bits per heavy atom. The molecule has 1 aliphatic rings. The Hall–Kier alpha value is -3.16. The van der Waals surface area contributed by atoms with Crippen LogP contribution in [0, 0.1) is 0 Å². The van der Waals surface area contributed by atoms with Crippen LogP contribution in [0.4, 0.5) is 0 Å². The molecule has 4 N–H and O–H groups in total. The molecule has 4 rings (SSSR count). The summed E-state index contributed by atoms with van der Waals surface area (Å²) in [5.74, 6) is -0.460. The number of aliphatic hydroxyl groups is 2. The fourth-order valence-electron chi connectivity index (χ4n) is 4.53. The van der Waals surface area contributed by atoms with Crippen molar-refractivity contribution in [3.05, 3.63) is 78.0 Å². The van der Waals surface area contributed by atoms with Crippen molar-refractivity contribution in [2.24, 2.45) is 7.05 Å². The second-order valence-electron chi connectivity index (χ2n) is 9.52. The topological polar surface area (TPSA) is 150 Å². The number of aryl methyl sites for hydroxylation is 1. The van der Waals surface area contributed by atoms with E-state index in [-0.39, 0.29) is 42.7 Å². The van der Waals surface area contributed by atoms with Gasteiger partial charge in [0.05, 0.1) is 30.8 Å². The summed E-state index contributed by atoms with van der Waals surface area (Å²) in [6, 6.07) is 11.5. The number of hydrogen-bond acceptors (Lipinski definition) is 8. The number of amides is 1. The van der Waals surface area contributed by atoms with Crippen LogP contribution in [0.5, 0.6) is 0 Å². The van der Waals surface area contributed by atoms with E-state index in [9.17, 15) is 23.4 Å². The molecule has 1 aromatic carbocycles. The third-order valence-electron chi connectivity index (χ3n) is 6.58. The first-order valence-electron chi connectivity index (χ1n) is 12.6. The van der Waals surface area contributed by atoms with Crippen molar-refractivity contribution >= 4 is 15.9 Å². The van der Waals surface area contributed by atoms with Crippen LogP contribution in [0.25, 0.3) is 0 Å². The summed E-state index contributed by atoms with van der Waals surface area (Å²) in [7, 11) is -2.32. The van der Waals surface area contributed by atoms with Gasteiger partial charge in [-0.1, -0.05) is 30.3 Å². The molecule has 0 radical (unpaired) electrons. The molecular formula is C26H34N6O5S. The first-order valence-corrected chi connectivity index (χ1v) is 14.0. The highest BCUT2D eigenvalue weighted by Gasteiger charge is 2.34. The average molecular weight is 543 g/mol. The van der Waals surface area contributed by atoms with Gasteiger partial charge in [0.15, 0.2) is 5.03 Å². The Balaban J connectivity index is 1.59. The van der Waals surface area contributed by atoms with Crippen molar-refractivity contribution in [2.75, 3.05) is 19.6 Å². The van der Waals surface area contributed by atoms with Crippen LogP contribution >= 0.6 is 0 Å². The number of aromatic nitrogens is 3. The maximum atomic E-state index is 13.6. The largest absolute Gasteiger partial charge is 0.390 e. The van der Waals surface area contributed by atoms with E-state index in [1.165, 1.54) is 35.2 Å². The van der Waals surface area contributed by atoms with Crippen LogP contribution in [-0.4, -0.2) is 81.2 Å². The smallest absolute Gasteiger partial charge is 0.262 e. The number of nitrogens with one attached hydrogen (secondary N) is 2. The van der Waals surface area contributed by atoms with Crippen LogP contribution in [0.3, 0.4) is 0 Å². The SMILES string of the molecule is Cn1cnc(S(=O)(=O)N(CC2CCCN2)C[C@@H](O)[C@H](Cc2ccccc2)NC(=O)c2ccnc(CO)c2)c1. The molecule has 0 saturated carbocycles. The van der Waals surface area contributed by atoms with Crippen LogP contribution in [0.1, 0.15) is 34.5 Å². The second-order valence-corrected chi connectivity index (χ2v) is 11.4. The summed E-state index contributed by atoms with van der Waals surface area (Å²) in [6.07, 6.45) is 5.11. The maximum absolute atomic E-state index is 13.6. The van der Waals surface area contributed by atoms with Gasteiger partial charge in [0.25, 0.3) is 15.9 Å². The van der Waals surface area contributed by atoms with E-state index in [2.05, 4.69) is 20.6 Å². The van der Waals surface area contributed by atoms with Crippen molar-refractivity contribution in [3.63, 3.8) is 0 Å². The minimum absolute atomic E-state index is 0.0448. The van der Waals surface area contributed by atoms with Gasteiger partial charge in [-0.15, -0.1) is 0 Å². The predicted molar refractivity (Wildman–Crippen MR) is 141 cm³/mol. The van der Waals surface area contributed by atoms with Crippen molar-refractivity contribution in [1.82, 2.24) is 29.5 Å². The summed E-state index contributed by atoms with van der Waals surface area (Å²) in [6.45, 7) is 0.436. The minimum atomic E-state index is -4.01. The summed E-state index contributed by atoms with van der Waals surface area (Å²) < 4.78 is 29.9. The molecule has 38 heavy (non-hydrogen) atoms. The van der Waals surface area contributed by atoms with Gasteiger partial charge in [-0.2, -0.15) is 4.31 Å². The Labute approximate surface area is 222 Å². The lowest BCUT2D eigenvalue weighted by Crippen LogP contribution is -2.52. The lowest BCUT2D eigenvalue weighted by Gasteiger charge is -2.30. The number of carbonyl (C=O) groups is 1. The van der Waals surface area contributed by atoms with Gasteiger partial charge in [-0.25, -0.2) is 13.4 Å². The highest BCUT2D eigenvalue weighted by atomic mass is 32.2. The summed E-state index contributed by atoms with van der Waals surface area (Å²) in [5.41, 5.74) is 1.50. The molecule has 0 aliphatic carbocycles. The van der Waals surface area contributed by atoms with Gasteiger partial charge in [0.2, 0.25) is 0 Å². The van der Waals surface area contributed by atoms with Crippen LogP contribution in [-0.2, 0) is 30.1 Å². The molecule has 1 unspecified atom stereocenters. The van der Waals surface area contributed by atoms with E-state index in [4.69, 9.17) is 0 Å². The minimum Gasteiger partial charge on any atom is -0.390 e. The number of nitrogens with zero attached hydrogens (tertiary/aromatic N) is 4. The molecule has 1 fully saturated rings. The van der Waals surface area contributed by atoms with Crippen LogP contribution in [0.15, 0.2) is 66.2 Å². The molecule has 1 aliphatic heterocycles. The Bertz CT molecular complexity index is 1310. The Kier molecular flexibility index (Phi) is 9.23. The molecule has 12 heteroatoms. The number of imidazole rings is 1. The number of pyridine rings is 1. The first kappa shape index (κ1) is 27.9. The summed E-state index contributed by atoms with van der Waals surface area (Å²) in [5, 5.41) is 26.9. The van der Waals surface area contributed by atoms with E-state index in [1.54, 1.807) is 11.6 Å². The third kappa shape index (κ3) is 7.03. The fourth-order valence-corrected chi connectivity index (χ4v) is 6.00.